The van der Waals surface area contributed by atoms with Crippen LogP contribution in [0.5, 0.6) is 0 Å². The second kappa shape index (κ2) is 12.8. The number of halogens is 1. The Bertz CT molecular complexity index is 469. The zero-order valence-corrected chi connectivity index (χ0v) is 18.0. The number of rotatable bonds is 7. The quantitative estimate of drug-likeness (QED) is 0.215. The van der Waals surface area contributed by atoms with Gasteiger partial charge >= 0.3 is 0 Å². The number of aliphatic imine (C=N–C) groups is 1. The van der Waals surface area contributed by atoms with Crippen molar-refractivity contribution in [2.24, 2.45) is 10.9 Å². The van der Waals surface area contributed by atoms with E-state index in [1.54, 1.807) is 0 Å². The fourth-order valence-corrected chi connectivity index (χ4v) is 3.71. The number of hydrogen-bond acceptors (Lipinski definition) is 3. The Balaban J connectivity index is 0.00000288. The van der Waals surface area contributed by atoms with Crippen molar-refractivity contribution in [1.82, 2.24) is 15.5 Å². The van der Waals surface area contributed by atoms with Gasteiger partial charge in [-0.25, -0.2) is 0 Å². The lowest BCUT2D eigenvalue weighted by molar-refractivity contribution is 0.183. The molecule has 1 fully saturated rings. The monoisotopic (exact) mass is 462 g/mol. The van der Waals surface area contributed by atoms with Crippen LogP contribution < -0.4 is 10.6 Å². The first-order chi connectivity index (χ1) is 11.3. The fourth-order valence-electron chi connectivity index (χ4n) is 2.92. The van der Waals surface area contributed by atoms with Crippen LogP contribution in [0, 0.1) is 5.92 Å². The zero-order chi connectivity index (χ0) is 16.3. The van der Waals surface area contributed by atoms with Crippen LogP contribution in [0.3, 0.4) is 0 Å². The molecule has 1 aliphatic rings. The molecule has 0 radical (unpaired) electrons. The number of likely N-dealkylation sites (tertiary alicyclic amines) is 1. The van der Waals surface area contributed by atoms with E-state index in [4.69, 9.17) is 0 Å². The summed E-state index contributed by atoms with van der Waals surface area (Å²) in [5.41, 5.74) is 0. The summed E-state index contributed by atoms with van der Waals surface area (Å²) in [7, 11) is 1.85. The average Bonchev–Trinajstić information content (AvgIpc) is 2.62. The van der Waals surface area contributed by atoms with Crippen molar-refractivity contribution in [3.8, 4) is 0 Å². The standard InChI is InChI=1S/C18H30N4S.HI/c1-3-22-12-7-8-16(15-22)14-21-18(19-2)20-11-13-23-17-9-5-4-6-10-17;/h4-6,9-10,16H,3,7-8,11-15H2,1-2H3,(H2,19,20,21);1H. The lowest BCUT2D eigenvalue weighted by atomic mass is 9.98. The van der Waals surface area contributed by atoms with Gasteiger partial charge in [0.25, 0.3) is 0 Å². The molecule has 1 atom stereocenters. The van der Waals surface area contributed by atoms with Crippen LogP contribution in [-0.2, 0) is 0 Å². The maximum Gasteiger partial charge on any atom is 0.191 e. The van der Waals surface area contributed by atoms with Gasteiger partial charge in [-0.05, 0) is 44.0 Å². The van der Waals surface area contributed by atoms with Crippen molar-refractivity contribution >= 4 is 41.7 Å². The second-order valence-electron chi connectivity index (χ2n) is 5.94. The summed E-state index contributed by atoms with van der Waals surface area (Å²) < 4.78 is 0. The van der Waals surface area contributed by atoms with Gasteiger partial charge in [-0.1, -0.05) is 25.1 Å². The van der Waals surface area contributed by atoms with Crippen molar-refractivity contribution < 1.29 is 0 Å². The molecule has 1 saturated heterocycles. The van der Waals surface area contributed by atoms with Crippen LogP contribution in [0.25, 0.3) is 0 Å². The Labute approximate surface area is 168 Å². The van der Waals surface area contributed by atoms with Gasteiger partial charge in [0.2, 0.25) is 0 Å². The van der Waals surface area contributed by atoms with Crippen molar-refractivity contribution in [2.75, 3.05) is 45.5 Å². The van der Waals surface area contributed by atoms with E-state index in [0.717, 1.165) is 30.7 Å². The lowest BCUT2D eigenvalue weighted by Crippen LogP contribution is -2.44. The van der Waals surface area contributed by atoms with Gasteiger partial charge < -0.3 is 15.5 Å². The third-order valence-corrected chi connectivity index (χ3v) is 5.25. The molecule has 0 amide bonds. The number of piperidine rings is 1. The molecule has 0 bridgehead atoms. The maximum absolute atomic E-state index is 4.33. The second-order valence-corrected chi connectivity index (χ2v) is 7.11. The van der Waals surface area contributed by atoms with E-state index in [-0.39, 0.29) is 24.0 Å². The SMILES string of the molecule is CCN1CCCC(CNC(=NC)NCCSc2ccccc2)C1.I. The van der Waals surface area contributed by atoms with Gasteiger partial charge in [0.15, 0.2) is 5.96 Å². The van der Waals surface area contributed by atoms with Crippen LogP contribution in [-0.4, -0.2) is 56.4 Å². The van der Waals surface area contributed by atoms with Gasteiger partial charge in [-0.3, -0.25) is 4.99 Å². The molecule has 1 aliphatic heterocycles. The first-order valence-corrected chi connectivity index (χ1v) is 9.65. The van der Waals surface area contributed by atoms with Crippen LogP contribution in [0.15, 0.2) is 40.2 Å². The number of thioether (sulfide) groups is 1. The molecular formula is C18H31IN4S. The minimum atomic E-state index is 0. The Kier molecular flexibility index (Phi) is 11.5. The molecule has 0 spiro atoms. The number of guanidine groups is 1. The summed E-state index contributed by atoms with van der Waals surface area (Å²) in [4.78, 5) is 8.19. The Morgan fingerprint density at radius 3 is 2.79 bits per heavy atom. The number of benzene rings is 1. The number of nitrogens with one attached hydrogen (secondary N) is 2. The molecule has 1 aromatic rings. The largest absolute Gasteiger partial charge is 0.356 e. The highest BCUT2D eigenvalue weighted by Gasteiger charge is 2.18. The Morgan fingerprint density at radius 1 is 1.29 bits per heavy atom. The lowest BCUT2D eigenvalue weighted by Gasteiger charge is -2.32. The minimum absolute atomic E-state index is 0. The van der Waals surface area contributed by atoms with Crippen molar-refractivity contribution in [2.45, 2.75) is 24.7 Å². The van der Waals surface area contributed by atoms with E-state index in [1.807, 2.05) is 18.8 Å². The van der Waals surface area contributed by atoms with Crippen LogP contribution in [0.1, 0.15) is 19.8 Å². The summed E-state index contributed by atoms with van der Waals surface area (Å²) in [6, 6.07) is 10.5. The van der Waals surface area contributed by atoms with Crippen molar-refractivity contribution in [3.05, 3.63) is 30.3 Å². The van der Waals surface area contributed by atoms with Crippen molar-refractivity contribution in [1.29, 1.82) is 0 Å². The topological polar surface area (TPSA) is 39.7 Å². The molecular weight excluding hydrogens is 431 g/mol. The first kappa shape index (κ1) is 21.6. The van der Waals surface area contributed by atoms with Crippen LogP contribution >= 0.6 is 35.7 Å². The summed E-state index contributed by atoms with van der Waals surface area (Å²) in [5, 5.41) is 6.89. The van der Waals surface area contributed by atoms with Gasteiger partial charge in [0.05, 0.1) is 0 Å². The Morgan fingerprint density at radius 2 is 2.08 bits per heavy atom. The molecule has 24 heavy (non-hydrogen) atoms. The number of nitrogens with zero attached hydrogens (tertiary/aromatic N) is 2. The van der Waals surface area contributed by atoms with Gasteiger partial charge in [-0.15, -0.1) is 35.7 Å². The third kappa shape index (κ3) is 8.07. The molecule has 4 nitrogen and oxygen atoms in total. The summed E-state index contributed by atoms with van der Waals surface area (Å²) in [6.45, 7) is 7.83. The zero-order valence-electron chi connectivity index (χ0n) is 14.8. The van der Waals surface area contributed by atoms with E-state index in [1.165, 1.54) is 37.4 Å². The molecule has 2 rings (SSSR count). The molecule has 1 aromatic carbocycles. The molecule has 2 N–H and O–H groups in total. The van der Waals surface area contributed by atoms with E-state index in [0.29, 0.717) is 0 Å². The first-order valence-electron chi connectivity index (χ1n) is 8.66. The van der Waals surface area contributed by atoms with Crippen LogP contribution in [0.2, 0.25) is 0 Å². The van der Waals surface area contributed by atoms with E-state index in [2.05, 4.69) is 57.8 Å². The maximum atomic E-state index is 4.33. The molecule has 0 aromatic heterocycles. The third-order valence-electron chi connectivity index (χ3n) is 4.24. The van der Waals surface area contributed by atoms with E-state index >= 15 is 0 Å². The number of hydrogen-bond donors (Lipinski definition) is 2. The minimum Gasteiger partial charge on any atom is -0.356 e. The molecule has 136 valence electrons. The highest BCUT2D eigenvalue weighted by molar-refractivity contribution is 14.0. The van der Waals surface area contributed by atoms with Gasteiger partial charge in [-0.2, -0.15) is 0 Å². The molecule has 6 heteroatoms. The predicted octanol–water partition coefficient (Wildman–Crippen LogP) is 3.29. The van der Waals surface area contributed by atoms with Gasteiger partial charge in [0.1, 0.15) is 0 Å². The normalized spacial score (nSPS) is 18.8. The van der Waals surface area contributed by atoms with Crippen molar-refractivity contribution in [3.63, 3.8) is 0 Å². The van der Waals surface area contributed by atoms with Gasteiger partial charge in [0, 0.05) is 37.3 Å². The fraction of sp³-hybridized carbons (Fsp3) is 0.611. The molecule has 1 unspecified atom stereocenters. The smallest absolute Gasteiger partial charge is 0.191 e. The molecule has 1 heterocycles. The van der Waals surface area contributed by atoms with E-state index in [9.17, 15) is 0 Å². The van der Waals surface area contributed by atoms with E-state index < -0.39 is 0 Å². The molecule has 0 saturated carbocycles. The summed E-state index contributed by atoms with van der Waals surface area (Å²) in [5.74, 6) is 2.70. The Hall–Kier alpha value is -0.470. The summed E-state index contributed by atoms with van der Waals surface area (Å²) >= 11 is 1.87. The summed E-state index contributed by atoms with van der Waals surface area (Å²) in [6.07, 6.45) is 2.64. The predicted molar refractivity (Wildman–Crippen MR) is 117 cm³/mol. The molecule has 0 aliphatic carbocycles. The highest BCUT2D eigenvalue weighted by atomic mass is 127. The highest BCUT2D eigenvalue weighted by Crippen LogP contribution is 2.16. The average molecular weight is 462 g/mol. The van der Waals surface area contributed by atoms with Crippen LogP contribution in [0.4, 0.5) is 0 Å².